The van der Waals surface area contributed by atoms with Crippen LogP contribution >= 0.6 is 11.8 Å². The minimum Gasteiger partial charge on any atom is -0.467 e. The Bertz CT molecular complexity index is 625. The van der Waals surface area contributed by atoms with E-state index in [1.165, 1.54) is 11.8 Å². The Morgan fingerprint density at radius 2 is 2.29 bits per heavy atom. The maximum absolute atomic E-state index is 11.9. The number of furan rings is 1. The molecular weight excluding hydrogens is 328 g/mol. The summed E-state index contributed by atoms with van der Waals surface area (Å²) in [6.07, 6.45) is 2.45. The number of hydrogen-bond acceptors (Lipinski definition) is 6. The molecule has 1 N–H and O–H groups in total. The molecule has 0 bridgehead atoms. The number of rotatable bonds is 10. The van der Waals surface area contributed by atoms with Gasteiger partial charge in [0, 0.05) is 26.2 Å². The van der Waals surface area contributed by atoms with Crippen LogP contribution in [0.3, 0.4) is 0 Å². The highest BCUT2D eigenvalue weighted by molar-refractivity contribution is 7.99. The average molecular weight is 352 g/mol. The van der Waals surface area contributed by atoms with E-state index in [0.717, 1.165) is 23.2 Å². The summed E-state index contributed by atoms with van der Waals surface area (Å²) in [5.74, 6) is 2.25. The first-order valence-electron chi connectivity index (χ1n) is 7.95. The lowest BCUT2D eigenvalue weighted by atomic mass is 10.2. The van der Waals surface area contributed by atoms with Gasteiger partial charge in [0.1, 0.15) is 11.6 Å². The van der Waals surface area contributed by atoms with E-state index in [4.69, 9.17) is 9.15 Å². The van der Waals surface area contributed by atoms with Crippen molar-refractivity contribution in [2.24, 2.45) is 0 Å². The van der Waals surface area contributed by atoms with Crippen molar-refractivity contribution in [3.05, 3.63) is 30.0 Å². The van der Waals surface area contributed by atoms with Crippen LogP contribution in [0.25, 0.3) is 0 Å². The van der Waals surface area contributed by atoms with Crippen LogP contribution in [0.5, 0.6) is 0 Å². The van der Waals surface area contributed by atoms with Gasteiger partial charge < -0.3 is 14.5 Å². The first kappa shape index (κ1) is 18.5. The molecule has 2 rings (SSSR count). The van der Waals surface area contributed by atoms with E-state index >= 15 is 0 Å². The molecule has 0 spiro atoms. The lowest BCUT2D eigenvalue weighted by Gasteiger charge is -2.10. The van der Waals surface area contributed by atoms with E-state index in [-0.39, 0.29) is 11.8 Å². The summed E-state index contributed by atoms with van der Waals surface area (Å²) in [6.45, 7) is 5.96. The van der Waals surface area contributed by atoms with Crippen LogP contribution in [0.1, 0.15) is 37.8 Å². The van der Waals surface area contributed by atoms with Crippen LogP contribution in [0, 0.1) is 0 Å². The first-order chi connectivity index (χ1) is 11.6. The maximum Gasteiger partial charge on any atom is 0.230 e. The molecule has 2 aromatic rings. The normalized spacial score (nSPS) is 11.2. The number of ether oxygens (including phenoxy) is 1. The zero-order chi connectivity index (χ0) is 17.4. The van der Waals surface area contributed by atoms with Gasteiger partial charge in [0.2, 0.25) is 5.91 Å². The molecule has 0 fully saturated rings. The van der Waals surface area contributed by atoms with Crippen molar-refractivity contribution in [1.29, 1.82) is 0 Å². The molecule has 0 radical (unpaired) electrons. The molecule has 0 aromatic carbocycles. The van der Waals surface area contributed by atoms with E-state index in [2.05, 4.69) is 29.4 Å². The van der Waals surface area contributed by atoms with Crippen LogP contribution in [-0.4, -0.2) is 46.7 Å². The first-order valence-corrected chi connectivity index (χ1v) is 8.94. The van der Waals surface area contributed by atoms with Gasteiger partial charge in [0.05, 0.1) is 18.6 Å². The van der Waals surface area contributed by atoms with E-state index < -0.39 is 0 Å². The molecule has 0 aliphatic heterocycles. The Morgan fingerprint density at radius 3 is 2.96 bits per heavy atom. The van der Waals surface area contributed by atoms with Gasteiger partial charge in [-0.3, -0.25) is 9.36 Å². The average Bonchev–Trinajstić information content (AvgIpc) is 3.20. The molecule has 0 atom stereocenters. The standard InChI is InChI=1S/C16H24N4O3S/c1-12(2)15-18-19-16(20(15)10-13-6-4-9-23-13)24-11-14(21)17-7-5-8-22-3/h4,6,9,12H,5,7-8,10-11H2,1-3H3,(H,17,21). The van der Waals surface area contributed by atoms with Gasteiger partial charge in [-0.25, -0.2) is 0 Å². The zero-order valence-electron chi connectivity index (χ0n) is 14.3. The fraction of sp³-hybridized carbons (Fsp3) is 0.562. The molecule has 24 heavy (non-hydrogen) atoms. The van der Waals surface area contributed by atoms with Gasteiger partial charge in [-0.1, -0.05) is 25.6 Å². The fourth-order valence-corrected chi connectivity index (χ4v) is 2.94. The molecule has 2 aromatic heterocycles. The summed E-state index contributed by atoms with van der Waals surface area (Å²) < 4.78 is 12.4. The molecule has 7 nitrogen and oxygen atoms in total. The van der Waals surface area contributed by atoms with Crippen LogP contribution in [-0.2, 0) is 16.1 Å². The molecule has 0 saturated heterocycles. The molecular formula is C16H24N4O3S. The second-order valence-electron chi connectivity index (χ2n) is 5.65. The summed E-state index contributed by atoms with van der Waals surface area (Å²) in [5, 5.41) is 12.1. The highest BCUT2D eigenvalue weighted by atomic mass is 32.2. The number of nitrogens with zero attached hydrogens (tertiary/aromatic N) is 3. The van der Waals surface area contributed by atoms with Crippen LogP contribution < -0.4 is 5.32 Å². The minimum atomic E-state index is -0.0188. The third-order valence-electron chi connectivity index (χ3n) is 3.34. The van der Waals surface area contributed by atoms with Gasteiger partial charge >= 0.3 is 0 Å². The van der Waals surface area contributed by atoms with E-state index in [1.807, 2.05) is 16.7 Å². The molecule has 0 aliphatic rings. The van der Waals surface area contributed by atoms with Crippen LogP contribution in [0.4, 0.5) is 0 Å². The third kappa shape index (κ3) is 5.38. The molecule has 8 heteroatoms. The summed E-state index contributed by atoms with van der Waals surface area (Å²) >= 11 is 1.38. The third-order valence-corrected chi connectivity index (χ3v) is 4.30. The number of carbonyl (C=O) groups is 1. The van der Waals surface area contributed by atoms with Crippen LogP contribution in [0.15, 0.2) is 28.0 Å². The number of methoxy groups -OCH3 is 1. The number of hydrogen-bond donors (Lipinski definition) is 1. The number of nitrogens with one attached hydrogen (secondary N) is 1. The lowest BCUT2D eigenvalue weighted by molar-refractivity contribution is -0.118. The highest BCUT2D eigenvalue weighted by Gasteiger charge is 2.17. The summed E-state index contributed by atoms with van der Waals surface area (Å²) in [4.78, 5) is 11.9. The Hall–Kier alpha value is -1.80. The summed E-state index contributed by atoms with van der Waals surface area (Å²) in [7, 11) is 1.65. The second kappa shape index (κ2) is 9.48. The van der Waals surface area contributed by atoms with E-state index in [9.17, 15) is 4.79 Å². The SMILES string of the molecule is COCCCNC(=O)CSc1nnc(C(C)C)n1Cc1ccco1. The number of aromatic nitrogens is 3. The molecule has 0 aliphatic carbocycles. The Morgan fingerprint density at radius 1 is 1.46 bits per heavy atom. The number of carbonyl (C=O) groups excluding carboxylic acids is 1. The molecule has 0 saturated carbocycles. The Labute approximate surface area is 146 Å². The van der Waals surface area contributed by atoms with Crippen molar-refractivity contribution in [3.63, 3.8) is 0 Å². The van der Waals surface area contributed by atoms with Gasteiger partial charge in [-0.05, 0) is 18.6 Å². The smallest absolute Gasteiger partial charge is 0.230 e. The van der Waals surface area contributed by atoms with Crippen molar-refractivity contribution in [1.82, 2.24) is 20.1 Å². The van der Waals surface area contributed by atoms with E-state index in [1.54, 1.807) is 13.4 Å². The van der Waals surface area contributed by atoms with Crippen molar-refractivity contribution < 1.29 is 13.9 Å². The minimum absolute atomic E-state index is 0.0188. The quantitative estimate of drug-likeness (QED) is 0.522. The second-order valence-corrected chi connectivity index (χ2v) is 6.59. The molecule has 0 unspecified atom stereocenters. The topological polar surface area (TPSA) is 82.2 Å². The van der Waals surface area contributed by atoms with Gasteiger partial charge in [-0.2, -0.15) is 0 Å². The van der Waals surface area contributed by atoms with Gasteiger partial charge in [0.15, 0.2) is 5.16 Å². The Kier molecular flexibility index (Phi) is 7.33. The van der Waals surface area contributed by atoms with E-state index in [0.29, 0.717) is 25.4 Å². The molecule has 2 heterocycles. The van der Waals surface area contributed by atoms with Gasteiger partial charge in [-0.15, -0.1) is 10.2 Å². The van der Waals surface area contributed by atoms with Crippen molar-refractivity contribution in [2.45, 2.75) is 37.9 Å². The number of amides is 1. The molecule has 132 valence electrons. The number of thioether (sulfide) groups is 1. The monoisotopic (exact) mass is 352 g/mol. The zero-order valence-corrected chi connectivity index (χ0v) is 15.1. The maximum atomic E-state index is 11.9. The Balaban J connectivity index is 1.95. The predicted octanol–water partition coefficient (Wildman–Crippen LogP) is 2.29. The fourth-order valence-electron chi connectivity index (χ4n) is 2.17. The summed E-state index contributed by atoms with van der Waals surface area (Å²) in [6, 6.07) is 3.77. The molecule has 1 amide bonds. The van der Waals surface area contributed by atoms with Crippen molar-refractivity contribution >= 4 is 17.7 Å². The predicted molar refractivity (Wildman–Crippen MR) is 92.1 cm³/mol. The lowest BCUT2D eigenvalue weighted by Crippen LogP contribution is -2.27. The largest absolute Gasteiger partial charge is 0.467 e. The van der Waals surface area contributed by atoms with Crippen molar-refractivity contribution in [3.8, 4) is 0 Å². The van der Waals surface area contributed by atoms with Gasteiger partial charge in [0.25, 0.3) is 0 Å². The summed E-state index contributed by atoms with van der Waals surface area (Å²) in [5.41, 5.74) is 0. The van der Waals surface area contributed by atoms with Crippen LogP contribution in [0.2, 0.25) is 0 Å². The van der Waals surface area contributed by atoms with Crippen molar-refractivity contribution in [2.75, 3.05) is 26.0 Å². The highest BCUT2D eigenvalue weighted by Crippen LogP contribution is 2.22.